The number of benzene rings is 2. The van der Waals surface area contributed by atoms with Crippen LogP contribution in [0.5, 0.6) is 11.5 Å². The highest BCUT2D eigenvalue weighted by Crippen LogP contribution is 2.32. The minimum Gasteiger partial charge on any atom is -0.504 e. The largest absolute Gasteiger partial charge is 0.504 e. The second kappa shape index (κ2) is 5.62. The van der Waals surface area contributed by atoms with Crippen molar-refractivity contribution in [3.8, 4) is 11.5 Å². The number of rotatable bonds is 3. The molecule has 2 aromatic rings. The van der Waals surface area contributed by atoms with Crippen LogP contribution in [0.2, 0.25) is 0 Å². The van der Waals surface area contributed by atoms with Crippen LogP contribution in [0.4, 0.5) is 5.69 Å². The van der Waals surface area contributed by atoms with Gasteiger partial charge in [-0.2, -0.15) is 0 Å². The van der Waals surface area contributed by atoms with Crippen LogP contribution in [0.15, 0.2) is 42.0 Å². The molecule has 0 saturated heterocycles. The van der Waals surface area contributed by atoms with Gasteiger partial charge >= 0.3 is 0 Å². The van der Waals surface area contributed by atoms with E-state index in [1.807, 2.05) is 0 Å². The molecule has 0 spiro atoms. The van der Waals surface area contributed by atoms with Gasteiger partial charge in [-0.1, -0.05) is 6.07 Å². The number of Topliss-reactive ketones (excluding diaryl/α,β-unsaturated/α-hetero) is 2. The fourth-order valence-corrected chi connectivity index (χ4v) is 2.51. The van der Waals surface area contributed by atoms with Gasteiger partial charge in [0, 0.05) is 23.3 Å². The van der Waals surface area contributed by atoms with Crippen LogP contribution in [0, 0.1) is 10.1 Å². The highest BCUT2D eigenvalue weighted by Gasteiger charge is 2.34. The van der Waals surface area contributed by atoms with Gasteiger partial charge in [0.2, 0.25) is 0 Å². The molecule has 24 heavy (non-hydrogen) atoms. The molecule has 0 aliphatic heterocycles. The highest BCUT2D eigenvalue weighted by molar-refractivity contribution is 6.41. The third-order valence-corrected chi connectivity index (χ3v) is 3.71. The van der Waals surface area contributed by atoms with Crippen LogP contribution in [0.1, 0.15) is 26.3 Å². The molecule has 1 aliphatic rings. The zero-order valence-corrected chi connectivity index (χ0v) is 12.5. The van der Waals surface area contributed by atoms with E-state index in [2.05, 4.69) is 0 Å². The van der Waals surface area contributed by atoms with Gasteiger partial charge in [0.1, 0.15) is 0 Å². The zero-order valence-electron chi connectivity index (χ0n) is 12.5. The van der Waals surface area contributed by atoms with Crippen molar-refractivity contribution in [2.24, 2.45) is 0 Å². The Morgan fingerprint density at radius 1 is 1.08 bits per heavy atom. The Morgan fingerprint density at radius 2 is 1.79 bits per heavy atom. The number of carbonyl (C=O) groups excluding carboxylic acids is 2. The van der Waals surface area contributed by atoms with E-state index in [-0.39, 0.29) is 33.9 Å². The Kier molecular flexibility index (Phi) is 3.61. The van der Waals surface area contributed by atoms with Gasteiger partial charge in [-0.15, -0.1) is 0 Å². The molecule has 0 unspecified atom stereocenters. The second-order valence-electron chi connectivity index (χ2n) is 5.13. The summed E-state index contributed by atoms with van der Waals surface area (Å²) >= 11 is 0. The molecule has 3 rings (SSSR count). The van der Waals surface area contributed by atoms with Crippen LogP contribution < -0.4 is 4.74 Å². The molecular weight excluding hydrogens is 314 g/mol. The number of phenols is 1. The lowest BCUT2D eigenvalue weighted by atomic mass is 10.1. The van der Waals surface area contributed by atoms with Crippen LogP contribution in [0.25, 0.3) is 6.08 Å². The van der Waals surface area contributed by atoms with Gasteiger partial charge in [0.25, 0.3) is 5.69 Å². The SMILES string of the molecule is COc1cc(/C=C2/C(=O)c3ccc([N+](=O)[O-])cc3C2=O)ccc1O. The van der Waals surface area contributed by atoms with E-state index < -0.39 is 16.5 Å². The van der Waals surface area contributed by atoms with Crippen molar-refractivity contribution in [1.82, 2.24) is 0 Å². The van der Waals surface area contributed by atoms with Gasteiger partial charge in [0.15, 0.2) is 23.1 Å². The Labute approximate surface area is 136 Å². The molecule has 0 radical (unpaired) electrons. The normalized spacial score (nSPS) is 14.8. The first-order valence-corrected chi connectivity index (χ1v) is 6.89. The summed E-state index contributed by atoms with van der Waals surface area (Å²) in [4.78, 5) is 35.0. The number of hydrogen-bond donors (Lipinski definition) is 1. The third kappa shape index (κ3) is 2.41. The summed E-state index contributed by atoms with van der Waals surface area (Å²) in [6, 6.07) is 7.97. The van der Waals surface area contributed by atoms with E-state index in [1.54, 1.807) is 0 Å². The predicted octanol–water partition coefficient (Wildman–Crippen LogP) is 2.77. The van der Waals surface area contributed by atoms with Gasteiger partial charge in [-0.25, -0.2) is 0 Å². The van der Waals surface area contributed by atoms with Gasteiger partial charge in [-0.05, 0) is 29.8 Å². The number of nitrogens with zero attached hydrogens (tertiary/aromatic N) is 1. The molecule has 120 valence electrons. The first-order valence-electron chi connectivity index (χ1n) is 6.89. The number of phenolic OH excluding ortho intramolecular Hbond substituents is 1. The lowest BCUT2D eigenvalue weighted by Gasteiger charge is -2.04. The van der Waals surface area contributed by atoms with Crippen molar-refractivity contribution in [3.05, 3.63) is 68.8 Å². The third-order valence-electron chi connectivity index (χ3n) is 3.71. The molecule has 0 aromatic heterocycles. The van der Waals surface area contributed by atoms with Crippen LogP contribution in [0.3, 0.4) is 0 Å². The number of ether oxygens (including phenoxy) is 1. The van der Waals surface area contributed by atoms with E-state index in [0.717, 1.165) is 6.07 Å². The molecule has 0 saturated carbocycles. The van der Waals surface area contributed by atoms with Gasteiger partial charge in [0.05, 0.1) is 17.6 Å². The number of hydrogen-bond acceptors (Lipinski definition) is 6. The van der Waals surface area contributed by atoms with Crippen molar-refractivity contribution in [1.29, 1.82) is 0 Å². The van der Waals surface area contributed by atoms with Crippen LogP contribution in [-0.4, -0.2) is 28.7 Å². The fraction of sp³-hybridized carbons (Fsp3) is 0.0588. The number of nitro benzene ring substituents is 1. The van der Waals surface area contributed by atoms with Gasteiger partial charge < -0.3 is 9.84 Å². The molecule has 1 N–H and O–H groups in total. The van der Waals surface area contributed by atoms with E-state index >= 15 is 0 Å². The molecule has 0 atom stereocenters. The van der Waals surface area contributed by atoms with E-state index in [1.165, 1.54) is 43.5 Å². The van der Waals surface area contributed by atoms with Crippen molar-refractivity contribution in [3.63, 3.8) is 0 Å². The Bertz CT molecular complexity index is 929. The predicted molar refractivity (Wildman–Crippen MR) is 84.4 cm³/mol. The monoisotopic (exact) mass is 325 g/mol. The minimum absolute atomic E-state index is 0.0196. The van der Waals surface area contributed by atoms with Crippen molar-refractivity contribution in [2.75, 3.05) is 7.11 Å². The molecular formula is C17H11NO6. The van der Waals surface area contributed by atoms with Gasteiger partial charge in [-0.3, -0.25) is 19.7 Å². The molecule has 2 aromatic carbocycles. The fourth-order valence-electron chi connectivity index (χ4n) is 2.51. The lowest BCUT2D eigenvalue weighted by Crippen LogP contribution is -2.00. The first kappa shape index (κ1) is 15.4. The average Bonchev–Trinajstić information content (AvgIpc) is 2.81. The second-order valence-corrected chi connectivity index (χ2v) is 5.13. The lowest BCUT2D eigenvalue weighted by molar-refractivity contribution is -0.384. The smallest absolute Gasteiger partial charge is 0.270 e. The topological polar surface area (TPSA) is 107 Å². The summed E-state index contributed by atoms with van der Waals surface area (Å²) in [5, 5.41) is 20.4. The van der Waals surface area contributed by atoms with Crippen molar-refractivity contribution >= 4 is 23.3 Å². The summed E-state index contributed by atoms with van der Waals surface area (Å²) in [7, 11) is 1.38. The molecule has 1 aliphatic carbocycles. The molecule has 0 bridgehead atoms. The average molecular weight is 325 g/mol. The number of aromatic hydroxyl groups is 1. The first-order chi connectivity index (χ1) is 11.4. The standard InChI is InChI=1S/C17H11NO6/c1-24-15-7-9(2-5-14(15)19)6-13-16(20)11-4-3-10(18(22)23)8-12(11)17(13)21/h2-8,19H,1H3/b13-6-. The minimum atomic E-state index is -0.620. The molecule has 7 heteroatoms. The Hall–Kier alpha value is -3.48. The maximum absolute atomic E-state index is 12.4. The molecule has 0 heterocycles. The van der Waals surface area contributed by atoms with E-state index in [0.29, 0.717) is 5.56 Å². The van der Waals surface area contributed by atoms with Crippen molar-refractivity contribution < 1.29 is 24.4 Å². The molecule has 7 nitrogen and oxygen atoms in total. The summed E-state index contributed by atoms with van der Waals surface area (Å²) in [6.45, 7) is 0. The Balaban J connectivity index is 2.06. The summed E-state index contributed by atoms with van der Waals surface area (Å²) < 4.78 is 4.98. The van der Waals surface area contributed by atoms with E-state index in [9.17, 15) is 24.8 Å². The quantitative estimate of drug-likeness (QED) is 0.402. The molecule has 0 fully saturated rings. The highest BCUT2D eigenvalue weighted by atomic mass is 16.6. The number of methoxy groups -OCH3 is 1. The maximum atomic E-state index is 12.4. The zero-order chi connectivity index (χ0) is 17.4. The number of nitro groups is 1. The van der Waals surface area contributed by atoms with Crippen molar-refractivity contribution in [2.45, 2.75) is 0 Å². The summed E-state index contributed by atoms with van der Waals surface area (Å²) in [5.41, 5.74) is 0.318. The number of ketones is 2. The number of fused-ring (bicyclic) bond motifs is 1. The van der Waals surface area contributed by atoms with Crippen LogP contribution >= 0.6 is 0 Å². The summed E-state index contributed by atoms with van der Waals surface area (Å²) in [6.07, 6.45) is 1.37. The maximum Gasteiger partial charge on any atom is 0.270 e. The van der Waals surface area contributed by atoms with Crippen LogP contribution in [-0.2, 0) is 0 Å². The number of allylic oxidation sites excluding steroid dienone is 1. The molecule has 0 amide bonds. The van der Waals surface area contributed by atoms with E-state index in [4.69, 9.17) is 4.74 Å². The summed E-state index contributed by atoms with van der Waals surface area (Å²) in [5.74, 6) is -0.916. The number of non-ortho nitro benzene ring substituents is 1. The Morgan fingerprint density at radius 3 is 2.46 bits per heavy atom. The number of carbonyl (C=O) groups is 2.